The van der Waals surface area contributed by atoms with Gasteiger partial charge in [0.1, 0.15) is 10.6 Å². The second kappa shape index (κ2) is 8.15. The molecular formula is C18H23N3O2S. The number of hydrogen-bond acceptors (Lipinski definition) is 5. The van der Waals surface area contributed by atoms with Crippen LogP contribution in [0.1, 0.15) is 29.4 Å². The fraction of sp³-hybridized carbons (Fsp3) is 0.444. The second-order valence-corrected chi connectivity index (χ2v) is 6.97. The van der Waals surface area contributed by atoms with Gasteiger partial charge >= 0.3 is 0 Å². The van der Waals surface area contributed by atoms with Gasteiger partial charge in [-0.1, -0.05) is 29.5 Å². The molecule has 128 valence electrons. The van der Waals surface area contributed by atoms with Crippen molar-refractivity contribution in [3.63, 3.8) is 0 Å². The van der Waals surface area contributed by atoms with E-state index in [0.29, 0.717) is 17.4 Å². The highest BCUT2D eigenvalue weighted by molar-refractivity contribution is 7.17. The largest absolute Gasteiger partial charge is 0.493 e. The molecule has 24 heavy (non-hydrogen) atoms. The monoisotopic (exact) mass is 345 g/mol. The number of benzene rings is 1. The summed E-state index contributed by atoms with van der Waals surface area (Å²) in [4.78, 5) is 19.6. The van der Waals surface area contributed by atoms with Crippen molar-refractivity contribution in [2.24, 2.45) is 5.92 Å². The van der Waals surface area contributed by atoms with Crippen molar-refractivity contribution in [3.8, 4) is 5.75 Å². The fourth-order valence-corrected chi connectivity index (χ4v) is 3.73. The molecule has 2 heterocycles. The molecule has 3 rings (SSSR count). The van der Waals surface area contributed by atoms with Gasteiger partial charge in [-0.2, -0.15) is 0 Å². The van der Waals surface area contributed by atoms with E-state index in [1.54, 1.807) is 6.20 Å². The molecule has 0 unspecified atom stereocenters. The van der Waals surface area contributed by atoms with E-state index in [1.807, 2.05) is 42.2 Å². The average Bonchev–Trinajstić information content (AvgIpc) is 3.09. The maximum atomic E-state index is 12.7. The van der Waals surface area contributed by atoms with Crippen LogP contribution in [0.3, 0.4) is 0 Å². The van der Waals surface area contributed by atoms with Crippen molar-refractivity contribution < 1.29 is 9.53 Å². The maximum Gasteiger partial charge on any atom is 0.265 e. The molecule has 1 atom stereocenters. The minimum absolute atomic E-state index is 0.0843. The van der Waals surface area contributed by atoms with Gasteiger partial charge in [-0.3, -0.25) is 4.79 Å². The van der Waals surface area contributed by atoms with Crippen LogP contribution in [0.4, 0.5) is 5.13 Å². The predicted molar refractivity (Wildman–Crippen MR) is 96.8 cm³/mol. The Balaban J connectivity index is 1.55. The second-order valence-electron chi connectivity index (χ2n) is 5.94. The van der Waals surface area contributed by atoms with Crippen LogP contribution in [0.15, 0.2) is 36.5 Å². The van der Waals surface area contributed by atoms with Gasteiger partial charge in [0.25, 0.3) is 5.91 Å². The van der Waals surface area contributed by atoms with Crippen molar-refractivity contribution in [1.82, 2.24) is 9.88 Å². The van der Waals surface area contributed by atoms with E-state index < -0.39 is 0 Å². The third-order valence-corrected chi connectivity index (χ3v) is 5.02. The van der Waals surface area contributed by atoms with Crippen molar-refractivity contribution in [2.45, 2.75) is 19.8 Å². The Morgan fingerprint density at radius 1 is 1.42 bits per heavy atom. The van der Waals surface area contributed by atoms with Gasteiger partial charge in [0, 0.05) is 25.6 Å². The van der Waals surface area contributed by atoms with Gasteiger partial charge in [0.15, 0.2) is 5.13 Å². The zero-order valence-corrected chi connectivity index (χ0v) is 14.7. The van der Waals surface area contributed by atoms with E-state index in [0.717, 1.165) is 43.4 Å². The lowest BCUT2D eigenvalue weighted by Crippen LogP contribution is -2.41. The lowest BCUT2D eigenvalue weighted by atomic mass is 9.99. The normalized spacial score (nSPS) is 17.5. The summed E-state index contributed by atoms with van der Waals surface area (Å²) in [5.74, 6) is 1.35. The highest BCUT2D eigenvalue weighted by Gasteiger charge is 2.26. The lowest BCUT2D eigenvalue weighted by Gasteiger charge is -2.32. The first-order valence-electron chi connectivity index (χ1n) is 8.43. The molecule has 1 N–H and O–H groups in total. The molecule has 1 aliphatic heterocycles. The van der Waals surface area contributed by atoms with Crippen LogP contribution in [0.5, 0.6) is 5.75 Å². The minimum atomic E-state index is 0.0843. The number of amides is 1. The van der Waals surface area contributed by atoms with Crippen molar-refractivity contribution >= 4 is 22.4 Å². The Morgan fingerprint density at radius 3 is 3.04 bits per heavy atom. The summed E-state index contributed by atoms with van der Waals surface area (Å²) in [6.07, 6.45) is 3.80. The van der Waals surface area contributed by atoms with Gasteiger partial charge in [-0.25, -0.2) is 4.98 Å². The molecule has 0 radical (unpaired) electrons. The van der Waals surface area contributed by atoms with Gasteiger partial charge in [-0.15, -0.1) is 0 Å². The summed E-state index contributed by atoms with van der Waals surface area (Å²) in [6, 6.07) is 9.84. The molecule has 1 aromatic carbocycles. The van der Waals surface area contributed by atoms with E-state index in [-0.39, 0.29) is 5.91 Å². The van der Waals surface area contributed by atoms with Gasteiger partial charge < -0.3 is 15.0 Å². The van der Waals surface area contributed by atoms with Crippen LogP contribution < -0.4 is 10.1 Å². The number of rotatable bonds is 6. The average molecular weight is 345 g/mol. The number of likely N-dealkylation sites (tertiary alicyclic amines) is 1. The molecule has 1 amide bonds. The van der Waals surface area contributed by atoms with Crippen LogP contribution >= 0.6 is 11.3 Å². The zero-order chi connectivity index (χ0) is 16.8. The summed E-state index contributed by atoms with van der Waals surface area (Å²) >= 11 is 1.43. The molecule has 1 saturated heterocycles. The summed E-state index contributed by atoms with van der Waals surface area (Å²) in [5.41, 5.74) is 0. The third-order valence-electron chi connectivity index (χ3n) is 4.08. The quantitative estimate of drug-likeness (QED) is 0.870. The van der Waals surface area contributed by atoms with E-state index >= 15 is 0 Å². The van der Waals surface area contributed by atoms with Crippen molar-refractivity contribution in [2.75, 3.05) is 31.6 Å². The van der Waals surface area contributed by atoms with Gasteiger partial charge in [-0.05, 0) is 31.9 Å². The molecular weight excluding hydrogens is 322 g/mol. The zero-order valence-electron chi connectivity index (χ0n) is 13.9. The van der Waals surface area contributed by atoms with E-state index in [2.05, 4.69) is 10.3 Å². The first-order chi connectivity index (χ1) is 11.8. The number of para-hydroxylation sites is 1. The molecule has 1 aromatic heterocycles. The Hall–Kier alpha value is -2.08. The topological polar surface area (TPSA) is 54.5 Å². The molecule has 1 fully saturated rings. The number of piperidine rings is 1. The Kier molecular flexibility index (Phi) is 5.69. The van der Waals surface area contributed by atoms with Crippen LogP contribution in [-0.2, 0) is 0 Å². The summed E-state index contributed by atoms with van der Waals surface area (Å²) < 4.78 is 5.86. The van der Waals surface area contributed by atoms with Gasteiger partial charge in [0.2, 0.25) is 0 Å². The number of ether oxygens (including phenoxy) is 1. The number of nitrogens with one attached hydrogen (secondary N) is 1. The summed E-state index contributed by atoms with van der Waals surface area (Å²) in [7, 11) is 0. The molecule has 0 bridgehead atoms. The number of hydrogen-bond donors (Lipinski definition) is 1. The Labute approximate surface area is 146 Å². The first-order valence-corrected chi connectivity index (χ1v) is 9.24. The number of nitrogens with zero attached hydrogens (tertiary/aromatic N) is 2. The van der Waals surface area contributed by atoms with Crippen LogP contribution in [0.2, 0.25) is 0 Å². The molecule has 0 spiro atoms. The molecule has 6 heteroatoms. The number of carbonyl (C=O) groups is 1. The number of anilines is 1. The molecule has 2 aromatic rings. The highest BCUT2D eigenvalue weighted by Crippen LogP contribution is 2.24. The summed E-state index contributed by atoms with van der Waals surface area (Å²) in [5, 5.41) is 3.96. The fourth-order valence-electron chi connectivity index (χ4n) is 2.88. The van der Waals surface area contributed by atoms with Gasteiger partial charge in [0.05, 0.1) is 12.8 Å². The summed E-state index contributed by atoms with van der Waals surface area (Å²) in [6.45, 7) is 5.04. The van der Waals surface area contributed by atoms with E-state index in [9.17, 15) is 4.79 Å². The number of aromatic nitrogens is 1. The molecule has 1 aliphatic rings. The standard InChI is InChI=1S/C18H23N3O2S/c1-2-19-18-20-11-16(24-18)17(22)21-10-6-7-14(12-21)13-23-15-8-4-3-5-9-15/h3-5,8-9,11,14H,2,6-7,10,12-13H2,1H3,(H,19,20)/t14-/m0/s1. The van der Waals surface area contributed by atoms with E-state index in [4.69, 9.17) is 4.74 Å². The first kappa shape index (κ1) is 16.8. The maximum absolute atomic E-state index is 12.7. The van der Waals surface area contributed by atoms with Crippen LogP contribution in [-0.4, -0.2) is 42.0 Å². The predicted octanol–water partition coefficient (Wildman–Crippen LogP) is 3.51. The lowest BCUT2D eigenvalue weighted by molar-refractivity contribution is 0.0638. The Morgan fingerprint density at radius 2 is 2.25 bits per heavy atom. The number of thiazole rings is 1. The third kappa shape index (κ3) is 4.26. The number of carbonyl (C=O) groups excluding carboxylic acids is 1. The molecule has 5 nitrogen and oxygen atoms in total. The van der Waals surface area contributed by atoms with Crippen molar-refractivity contribution in [1.29, 1.82) is 0 Å². The molecule has 0 aliphatic carbocycles. The van der Waals surface area contributed by atoms with Crippen molar-refractivity contribution in [3.05, 3.63) is 41.4 Å². The van der Waals surface area contributed by atoms with E-state index in [1.165, 1.54) is 11.3 Å². The minimum Gasteiger partial charge on any atom is -0.493 e. The van der Waals surface area contributed by atoms with Crippen LogP contribution in [0.25, 0.3) is 0 Å². The molecule has 0 saturated carbocycles. The van der Waals surface area contributed by atoms with Crippen LogP contribution in [0, 0.1) is 5.92 Å². The highest BCUT2D eigenvalue weighted by atomic mass is 32.1. The smallest absolute Gasteiger partial charge is 0.265 e. The SMILES string of the molecule is CCNc1ncc(C(=O)N2CCC[C@H](COc3ccccc3)C2)s1. The Bertz CT molecular complexity index is 659.